The molecule has 0 N–H and O–H groups in total. The van der Waals surface area contributed by atoms with Crippen molar-refractivity contribution >= 4 is 32.7 Å². The summed E-state index contributed by atoms with van der Waals surface area (Å²) in [5, 5.41) is 4.09. The molecule has 2 heterocycles. The van der Waals surface area contributed by atoms with Crippen LogP contribution in [0.4, 0.5) is 0 Å². The fourth-order valence-electron chi connectivity index (χ4n) is 6.11. The third kappa shape index (κ3) is 2.74. The quantitative estimate of drug-likeness (QED) is 0.270. The molecule has 0 saturated carbocycles. The van der Waals surface area contributed by atoms with E-state index in [9.17, 15) is 0 Å². The van der Waals surface area contributed by atoms with Gasteiger partial charge in [-0.05, 0) is 66.6 Å². The van der Waals surface area contributed by atoms with Crippen LogP contribution >= 0.6 is 0 Å². The zero-order valence-electron chi connectivity index (χ0n) is 18.8. The lowest BCUT2D eigenvalue weighted by atomic mass is 9.82. The number of benzene rings is 4. The minimum absolute atomic E-state index is 0.551. The van der Waals surface area contributed by atoms with Crippen LogP contribution in [0.25, 0.3) is 38.4 Å². The maximum Gasteiger partial charge on any atom is 0.0543 e. The second-order valence-corrected chi connectivity index (χ2v) is 9.41. The largest absolute Gasteiger partial charge is 0.347 e. The Balaban J connectivity index is 1.40. The maximum atomic E-state index is 2.46. The van der Waals surface area contributed by atoms with Gasteiger partial charge < -0.3 is 9.13 Å². The van der Waals surface area contributed by atoms with Crippen molar-refractivity contribution in [3.05, 3.63) is 114 Å². The smallest absolute Gasteiger partial charge is 0.0543 e. The zero-order valence-corrected chi connectivity index (χ0v) is 18.8. The number of para-hydroxylation sites is 3. The van der Waals surface area contributed by atoms with Crippen molar-refractivity contribution in [3.63, 3.8) is 0 Å². The Morgan fingerprint density at radius 3 is 2.21 bits per heavy atom. The van der Waals surface area contributed by atoms with Crippen LogP contribution in [0, 0.1) is 0 Å². The van der Waals surface area contributed by atoms with Crippen molar-refractivity contribution in [2.75, 3.05) is 0 Å². The van der Waals surface area contributed by atoms with Crippen molar-refractivity contribution < 1.29 is 0 Å². The van der Waals surface area contributed by atoms with Crippen LogP contribution in [-0.2, 0) is 19.9 Å². The van der Waals surface area contributed by atoms with E-state index in [0.29, 0.717) is 5.92 Å². The minimum atomic E-state index is 0.551. The van der Waals surface area contributed by atoms with E-state index in [0.717, 1.165) is 12.8 Å². The first-order valence-corrected chi connectivity index (χ1v) is 11.9. The van der Waals surface area contributed by atoms with Gasteiger partial charge in [0.25, 0.3) is 0 Å². The van der Waals surface area contributed by atoms with E-state index in [4.69, 9.17) is 0 Å². The number of hydrogen-bond acceptors (Lipinski definition) is 0. The summed E-state index contributed by atoms with van der Waals surface area (Å²) in [6.07, 6.45) is 3.47. The average Bonchev–Trinajstić information content (AvgIpc) is 3.36. The van der Waals surface area contributed by atoms with Crippen LogP contribution in [0.5, 0.6) is 0 Å². The van der Waals surface area contributed by atoms with E-state index in [1.54, 1.807) is 5.56 Å². The van der Waals surface area contributed by atoms with Crippen molar-refractivity contribution in [2.24, 2.45) is 7.05 Å². The molecule has 2 aromatic heterocycles. The molecule has 0 bridgehead atoms. The predicted molar refractivity (Wildman–Crippen MR) is 138 cm³/mol. The van der Waals surface area contributed by atoms with Gasteiger partial charge in [0, 0.05) is 40.1 Å². The van der Waals surface area contributed by atoms with Crippen molar-refractivity contribution in [1.82, 2.24) is 9.13 Å². The third-order valence-corrected chi connectivity index (χ3v) is 7.71. The average molecular weight is 427 g/mol. The van der Waals surface area contributed by atoms with Gasteiger partial charge in [-0.2, -0.15) is 0 Å². The zero-order chi connectivity index (χ0) is 21.9. The van der Waals surface area contributed by atoms with E-state index in [2.05, 4.69) is 113 Å². The highest BCUT2D eigenvalue weighted by Crippen LogP contribution is 2.40. The lowest BCUT2D eigenvalue weighted by molar-refractivity contribution is 0.569. The van der Waals surface area contributed by atoms with E-state index >= 15 is 0 Å². The topological polar surface area (TPSA) is 9.86 Å². The van der Waals surface area contributed by atoms with Gasteiger partial charge >= 0.3 is 0 Å². The Hall–Kier alpha value is -3.78. The van der Waals surface area contributed by atoms with Crippen LogP contribution in [-0.4, -0.2) is 9.13 Å². The van der Waals surface area contributed by atoms with Crippen LogP contribution in [0.2, 0.25) is 0 Å². The summed E-state index contributed by atoms with van der Waals surface area (Å²) >= 11 is 0. The second-order valence-electron chi connectivity index (χ2n) is 9.41. The minimum Gasteiger partial charge on any atom is -0.347 e. The standard InChI is InChI=1S/C31H26N2/c1-32-28-13-7-5-12-25(28)27-19-21(16-18-29(27)32)22-15-17-26-24-11-6-8-14-30(24)33(31(26)20-22)23-9-3-2-4-10-23/h2-15,17,20-21H,16,18-19H2,1H3. The summed E-state index contributed by atoms with van der Waals surface area (Å²) in [5.41, 5.74) is 9.70. The first-order valence-electron chi connectivity index (χ1n) is 11.9. The molecule has 33 heavy (non-hydrogen) atoms. The van der Waals surface area contributed by atoms with Gasteiger partial charge in [-0.15, -0.1) is 0 Å². The molecular formula is C31H26N2. The number of aromatic nitrogens is 2. The van der Waals surface area contributed by atoms with E-state index < -0.39 is 0 Å². The molecule has 4 aromatic carbocycles. The molecule has 1 atom stereocenters. The van der Waals surface area contributed by atoms with Gasteiger partial charge in [-0.1, -0.05) is 66.7 Å². The molecule has 0 radical (unpaired) electrons. The van der Waals surface area contributed by atoms with Gasteiger partial charge in [0.15, 0.2) is 0 Å². The van der Waals surface area contributed by atoms with Crippen molar-refractivity contribution in [3.8, 4) is 5.69 Å². The summed E-state index contributed by atoms with van der Waals surface area (Å²) < 4.78 is 4.84. The highest BCUT2D eigenvalue weighted by atomic mass is 15.0. The highest BCUT2D eigenvalue weighted by molar-refractivity contribution is 6.09. The Kier molecular flexibility index (Phi) is 4.04. The van der Waals surface area contributed by atoms with Gasteiger partial charge in [0.2, 0.25) is 0 Å². The lowest BCUT2D eigenvalue weighted by Crippen LogP contribution is -2.14. The van der Waals surface area contributed by atoms with E-state index in [1.807, 2.05) is 0 Å². The number of aryl methyl sites for hydroxylation is 1. The molecule has 0 amide bonds. The van der Waals surface area contributed by atoms with Crippen LogP contribution < -0.4 is 0 Å². The van der Waals surface area contributed by atoms with Gasteiger partial charge in [0.05, 0.1) is 11.0 Å². The molecule has 2 nitrogen and oxygen atoms in total. The van der Waals surface area contributed by atoms with Crippen LogP contribution in [0.3, 0.4) is 0 Å². The Morgan fingerprint density at radius 1 is 0.667 bits per heavy atom. The van der Waals surface area contributed by atoms with E-state index in [-0.39, 0.29) is 0 Å². The lowest BCUT2D eigenvalue weighted by Gasteiger charge is -2.24. The summed E-state index contributed by atoms with van der Waals surface area (Å²) in [6.45, 7) is 0. The summed E-state index contributed by atoms with van der Waals surface area (Å²) in [6, 6.07) is 35.6. The molecule has 1 aliphatic carbocycles. The normalized spacial score (nSPS) is 16.0. The second kappa shape index (κ2) is 7.11. The highest BCUT2D eigenvalue weighted by Gasteiger charge is 2.26. The first-order chi connectivity index (χ1) is 16.3. The fraction of sp³-hybridized carbons (Fsp3) is 0.161. The molecule has 0 fully saturated rings. The molecule has 0 spiro atoms. The Morgan fingerprint density at radius 2 is 1.36 bits per heavy atom. The number of fused-ring (bicyclic) bond motifs is 6. The molecule has 0 saturated heterocycles. The van der Waals surface area contributed by atoms with Gasteiger partial charge in [0.1, 0.15) is 0 Å². The Bertz CT molecular complexity index is 1650. The third-order valence-electron chi connectivity index (χ3n) is 7.71. The van der Waals surface area contributed by atoms with Crippen molar-refractivity contribution in [2.45, 2.75) is 25.2 Å². The SMILES string of the molecule is Cn1c2c(c3ccccc31)CC(c1ccc3c4ccccc4n(-c4ccccc4)c3c1)CC2. The molecule has 6 aromatic rings. The number of rotatable bonds is 2. The van der Waals surface area contributed by atoms with Crippen LogP contribution in [0.15, 0.2) is 97.1 Å². The molecular weight excluding hydrogens is 400 g/mol. The molecule has 1 unspecified atom stereocenters. The molecule has 1 aliphatic rings. The molecule has 0 aliphatic heterocycles. The van der Waals surface area contributed by atoms with Crippen molar-refractivity contribution in [1.29, 1.82) is 0 Å². The molecule has 7 rings (SSSR count). The van der Waals surface area contributed by atoms with Crippen LogP contribution in [0.1, 0.15) is 29.2 Å². The number of nitrogens with zero attached hydrogens (tertiary/aromatic N) is 2. The number of hydrogen-bond donors (Lipinski definition) is 0. The maximum absolute atomic E-state index is 2.46. The molecule has 2 heteroatoms. The summed E-state index contributed by atoms with van der Waals surface area (Å²) in [7, 11) is 2.23. The summed E-state index contributed by atoms with van der Waals surface area (Å²) in [4.78, 5) is 0. The monoisotopic (exact) mass is 426 g/mol. The fourth-order valence-corrected chi connectivity index (χ4v) is 6.11. The predicted octanol–water partition coefficient (Wildman–Crippen LogP) is 7.55. The Labute approximate surface area is 193 Å². The summed E-state index contributed by atoms with van der Waals surface area (Å²) in [5.74, 6) is 0.551. The van der Waals surface area contributed by atoms with E-state index in [1.165, 1.54) is 56.1 Å². The first kappa shape index (κ1) is 18.8. The van der Waals surface area contributed by atoms with Gasteiger partial charge in [-0.25, -0.2) is 0 Å². The van der Waals surface area contributed by atoms with Gasteiger partial charge in [-0.3, -0.25) is 0 Å². The molecule has 160 valence electrons.